The lowest BCUT2D eigenvalue weighted by atomic mass is 9.99. The third-order valence-electron chi connectivity index (χ3n) is 4.67. The fourth-order valence-corrected chi connectivity index (χ4v) is 3.32. The molecular formula is C21H28N2O2. The van der Waals surface area contributed by atoms with Crippen molar-refractivity contribution in [2.75, 3.05) is 24.7 Å². The Hall–Kier alpha value is -2.36. The van der Waals surface area contributed by atoms with Crippen LogP contribution in [0.15, 0.2) is 36.4 Å². The van der Waals surface area contributed by atoms with Gasteiger partial charge in [-0.3, -0.25) is 0 Å². The predicted molar refractivity (Wildman–Crippen MR) is 104 cm³/mol. The first-order valence-electron chi connectivity index (χ1n) is 9.30. The van der Waals surface area contributed by atoms with Crippen LogP contribution in [0.2, 0.25) is 0 Å². The quantitative estimate of drug-likeness (QED) is 0.661. The van der Waals surface area contributed by atoms with Crippen LogP contribution in [0.4, 0.5) is 11.4 Å². The Bertz CT molecular complexity index is 641. The highest BCUT2D eigenvalue weighted by atomic mass is 16.5. The Balaban J connectivity index is 1.99. The summed E-state index contributed by atoms with van der Waals surface area (Å²) in [7, 11) is 0. The number of nitrogen functional groups attached to an aromatic ring is 2. The van der Waals surface area contributed by atoms with Crippen molar-refractivity contribution in [1.82, 2.24) is 0 Å². The second-order valence-corrected chi connectivity index (χ2v) is 6.61. The molecule has 2 aromatic carbocycles. The highest BCUT2D eigenvalue weighted by molar-refractivity contribution is 5.92. The van der Waals surface area contributed by atoms with Crippen LogP contribution in [0.25, 0.3) is 11.1 Å². The zero-order chi connectivity index (χ0) is 17.5. The lowest BCUT2D eigenvalue weighted by Gasteiger charge is -2.18. The molecule has 3 rings (SSSR count). The Labute approximate surface area is 150 Å². The summed E-state index contributed by atoms with van der Waals surface area (Å²) in [6, 6.07) is 11.5. The standard InChI is InChI=1S/C21H28N2O2/c22-16-10-8-12-18-20(16)21-17(23)11-9-13-19(21)25-15-7-5-3-1-2-4-6-14-24-18/h8-13H,1-7,14-15,22-23H2. The summed E-state index contributed by atoms with van der Waals surface area (Å²) < 4.78 is 12.1. The Morgan fingerprint density at radius 1 is 0.560 bits per heavy atom. The zero-order valence-electron chi connectivity index (χ0n) is 14.8. The molecule has 2 aromatic rings. The molecule has 0 radical (unpaired) electrons. The van der Waals surface area contributed by atoms with Gasteiger partial charge >= 0.3 is 0 Å². The SMILES string of the molecule is Nc1cccc2c1-c1c(N)cccc1OCCCCCCCCCO2. The topological polar surface area (TPSA) is 70.5 Å². The number of rotatable bonds is 0. The van der Waals surface area contributed by atoms with Gasteiger partial charge in [0.05, 0.1) is 24.3 Å². The number of anilines is 2. The van der Waals surface area contributed by atoms with E-state index in [1.165, 1.54) is 32.1 Å². The highest BCUT2D eigenvalue weighted by Gasteiger charge is 2.18. The molecule has 1 aliphatic rings. The molecule has 4 N–H and O–H groups in total. The Morgan fingerprint density at radius 2 is 0.960 bits per heavy atom. The van der Waals surface area contributed by atoms with Crippen LogP contribution in [0.1, 0.15) is 44.9 Å². The number of ether oxygens (including phenoxy) is 2. The van der Waals surface area contributed by atoms with E-state index in [0.717, 1.165) is 35.5 Å². The summed E-state index contributed by atoms with van der Waals surface area (Å²) >= 11 is 0. The van der Waals surface area contributed by atoms with Crippen LogP contribution in [0.3, 0.4) is 0 Å². The molecule has 1 aliphatic heterocycles. The van der Waals surface area contributed by atoms with E-state index in [1.54, 1.807) is 0 Å². The van der Waals surface area contributed by atoms with E-state index in [4.69, 9.17) is 20.9 Å². The van der Waals surface area contributed by atoms with E-state index >= 15 is 0 Å². The number of fused-ring (bicyclic) bond motifs is 3. The maximum Gasteiger partial charge on any atom is 0.129 e. The lowest BCUT2D eigenvalue weighted by Crippen LogP contribution is -2.04. The summed E-state index contributed by atoms with van der Waals surface area (Å²) in [6.07, 6.45) is 8.33. The molecule has 4 heteroatoms. The number of nitrogens with two attached hydrogens (primary N) is 2. The maximum absolute atomic E-state index is 6.30. The van der Waals surface area contributed by atoms with Gasteiger partial charge in [0.15, 0.2) is 0 Å². The molecule has 0 spiro atoms. The van der Waals surface area contributed by atoms with Crippen molar-refractivity contribution in [2.45, 2.75) is 44.9 Å². The number of hydrogen-bond acceptors (Lipinski definition) is 4. The smallest absolute Gasteiger partial charge is 0.129 e. The molecule has 4 nitrogen and oxygen atoms in total. The summed E-state index contributed by atoms with van der Waals surface area (Å²) in [4.78, 5) is 0. The van der Waals surface area contributed by atoms with Gasteiger partial charge in [0.1, 0.15) is 11.5 Å². The Kier molecular flexibility index (Phi) is 6.04. The van der Waals surface area contributed by atoms with E-state index in [1.807, 2.05) is 36.4 Å². The molecule has 1 heterocycles. The largest absolute Gasteiger partial charge is 0.493 e. The minimum Gasteiger partial charge on any atom is -0.493 e. The molecular weight excluding hydrogens is 312 g/mol. The monoisotopic (exact) mass is 340 g/mol. The Morgan fingerprint density at radius 3 is 1.40 bits per heavy atom. The minimum absolute atomic E-state index is 0.657. The average molecular weight is 340 g/mol. The molecule has 25 heavy (non-hydrogen) atoms. The fourth-order valence-electron chi connectivity index (χ4n) is 3.32. The van der Waals surface area contributed by atoms with Crippen molar-refractivity contribution in [1.29, 1.82) is 0 Å². The summed E-state index contributed by atoms with van der Waals surface area (Å²) in [6.45, 7) is 1.39. The van der Waals surface area contributed by atoms with Gasteiger partial charge in [0.2, 0.25) is 0 Å². The highest BCUT2D eigenvalue weighted by Crippen LogP contribution is 2.44. The van der Waals surface area contributed by atoms with Crippen LogP contribution < -0.4 is 20.9 Å². The second-order valence-electron chi connectivity index (χ2n) is 6.61. The second kappa shape index (κ2) is 8.65. The molecule has 0 saturated heterocycles. The number of hydrogen-bond donors (Lipinski definition) is 2. The van der Waals surface area contributed by atoms with E-state index < -0.39 is 0 Å². The van der Waals surface area contributed by atoms with Gasteiger partial charge < -0.3 is 20.9 Å². The van der Waals surface area contributed by atoms with Gasteiger partial charge in [0, 0.05) is 11.4 Å². The third kappa shape index (κ3) is 4.38. The first-order valence-corrected chi connectivity index (χ1v) is 9.30. The molecule has 0 unspecified atom stereocenters. The lowest BCUT2D eigenvalue weighted by molar-refractivity contribution is 0.305. The van der Waals surface area contributed by atoms with Crippen molar-refractivity contribution >= 4 is 11.4 Å². The van der Waals surface area contributed by atoms with Crippen molar-refractivity contribution in [2.24, 2.45) is 0 Å². The van der Waals surface area contributed by atoms with Crippen molar-refractivity contribution in [3.8, 4) is 22.6 Å². The van der Waals surface area contributed by atoms with Crippen LogP contribution in [-0.2, 0) is 0 Å². The van der Waals surface area contributed by atoms with Crippen molar-refractivity contribution in [3.63, 3.8) is 0 Å². The molecule has 0 bridgehead atoms. The summed E-state index contributed by atoms with van der Waals surface area (Å²) in [5.41, 5.74) is 15.6. The average Bonchev–Trinajstić information content (AvgIpc) is 2.61. The molecule has 0 fully saturated rings. The van der Waals surface area contributed by atoms with Crippen molar-refractivity contribution < 1.29 is 9.47 Å². The molecule has 0 atom stereocenters. The molecule has 134 valence electrons. The van der Waals surface area contributed by atoms with E-state index in [9.17, 15) is 0 Å². The van der Waals surface area contributed by atoms with E-state index in [-0.39, 0.29) is 0 Å². The summed E-state index contributed by atoms with van der Waals surface area (Å²) in [5, 5.41) is 0. The van der Waals surface area contributed by atoms with Crippen LogP contribution in [0.5, 0.6) is 11.5 Å². The first-order chi connectivity index (χ1) is 12.3. The molecule has 0 amide bonds. The third-order valence-corrected chi connectivity index (χ3v) is 4.67. The maximum atomic E-state index is 6.30. The van der Waals surface area contributed by atoms with Crippen LogP contribution >= 0.6 is 0 Å². The van der Waals surface area contributed by atoms with Crippen LogP contribution in [-0.4, -0.2) is 13.2 Å². The van der Waals surface area contributed by atoms with Gasteiger partial charge in [0.25, 0.3) is 0 Å². The zero-order valence-corrected chi connectivity index (χ0v) is 14.8. The fraction of sp³-hybridized carbons (Fsp3) is 0.429. The van der Waals surface area contributed by atoms with Gasteiger partial charge in [-0.05, 0) is 37.1 Å². The summed E-state index contributed by atoms with van der Waals surface area (Å²) in [5.74, 6) is 1.55. The van der Waals surface area contributed by atoms with Gasteiger partial charge in [-0.15, -0.1) is 0 Å². The predicted octanol–water partition coefficient (Wildman–Crippen LogP) is 5.02. The molecule has 0 aromatic heterocycles. The van der Waals surface area contributed by atoms with E-state index in [2.05, 4.69) is 0 Å². The molecule has 0 aliphatic carbocycles. The van der Waals surface area contributed by atoms with E-state index in [0.29, 0.717) is 24.6 Å². The number of benzene rings is 2. The normalized spacial score (nSPS) is 16.3. The van der Waals surface area contributed by atoms with Gasteiger partial charge in [-0.1, -0.05) is 44.2 Å². The molecule has 0 saturated carbocycles. The van der Waals surface area contributed by atoms with Crippen molar-refractivity contribution in [3.05, 3.63) is 36.4 Å². The first kappa shape index (κ1) is 17.5. The van der Waals surface area contributed by atoms with Crippen LogP contribution in [0, 0.1) is 0 Å². The van der Waals surface area contributed by atoms with Gasteiger partial charge in [-0.2, -0.15) is 0 Å². The van der Waals surface area contributed by atoms with Gasteiger partial charge in [-0.25, -0.2) is 0 Å². The minimum atomic E-state index is 0.657.